The van der Waals surface area contributed by atoms with Crippen molar-refractivity contribution in [1.29, 1.82) is 0 Å². The number of nitrogens with zero attached hydrogens (tertiary/aromatic N) is 5. The van der Waals surface area contributed by atoms with E-state index in [9.17, 15) is 9.59 Å². The molecule has 2 aromatic rings. The number of ether oxygens (including phenoxy) is 1. The molecule has 0 unspecified atom stereocenters. The third-order valence-electron chi connectivity index (χ3n) is 6.95. The van der Waals surface area contributed by atoms with Gasteiger partial charge in [0.2, 0.25) is 5.91 Å². The predicted molar refractivity (Wildman–Crippen MR) is 125 cm³/mol. The van der Waals surface area contributed by atoms with Crippen LogP contribution >= 0.6 is 0 Å². The molecule has 1 aromatic heterocycles. The molecule has 2 fully saturated rings. The molecule has 4 heterocycles. The molecule has 8 nitrogen and oxygen atoms in total. The first-order chi connectivity index (χ1) is 15.6. The number of hydrogen-bond acceptors (Lipinski definition) is 6. The summed E-state index contributed by atoms with van der Waals surface area (Å²) in [5, 5.41) is 0. The van der Waals surface area contributed by atoms with Crippen LogP contribution in [0, 0.1) is 5.92 Å². The summed E-state index contributed by atoms with van der Waals surface area (Å²) in [5.74, 6) is 0.653. The highest BCUT2D eigenvalue weighted by Crippen LogP contribution is 2.36. The molecule has 0 N–H and O–H groups in total. The Hall–Kier alpha value is -2.87. The topological polar surface area (TPSA) is 70.9 Å². The van der Waals surface area contributed by atoms with Crippen LogP contribution in [0.2, 0.25) is 0 Å². The van der Waals surface area contributed by atoms with E-state index in [1.54, 1.807) is 12.4 Å². The number of rotatable bonds is 4. The van der Waals surface area contributed by atoms with Gasteiger partial charge in [0.1, 0.15) is 6.54 Å². The monoisotopic (exact) mass is 437 g/mol. The number of anilines is 3. The summed E-state index contributed by atoms with van der Waals surface area (Å²) in [5.41, 5.74) is 3.90. The van der Waals surface area contributed by atoms with Gasteiger partial charge >= 0.3 is 5.69 Å². The van der Waals surface area contributed by atoms with E-state index in [0.29, 0.717) is 6.54 Å². The van der Waals surface area contributed by atoms with Crippen LogP contribution in [0.1, 0.15) is 25.3 Å². The Morgan fingerprint density at radius 2 is 1.81 bits per heavy atom. The van der Waals surface area contributed by atoms with Gasteiger partial charge in [0.15, 0.2) is 0 Å². The first-order valence-corrected chi connectivity index (χ1v) is 11.7. The molecule has 2 saturated heterocycles. The van der Waals surface area contributed by atoms with Crippen molar-refractivity contribution < 1.29 is 9.53 Å². The van der Waals surface area contributed by atoms with E-state index in [4.69, 9.17) is 4.74 Å². The summed E-state index contributed by atoms with van der Waals surface area (Å²) in [6.45, 7) is 8.03. The second-order valence-electron chi connectivity index (χ2n) is 9.06. The number of carbonyl (C=O) groups is 1. The van der Waals surface area contributed by atoms with Gasteiger partial charge in [-0.05, 0) is 37.3 Å². The minimum Gasteiger partial charge on any atom is -0.378 e. The fraction of sp³-hybridized carbons (Fsp3) is 0.542. The summed E-state index contributed by atoms with van der Waals surface area (Å²) >= 11 is 0. The first kappa shape index (κ1) is 21.0. The van der Waals surface area contributed by atoms with Crippen molar-refractivity contribution in [3.05, 3.63) is 46.6 Å². The normalized spacial score (nSPS) is 19.3. The molecule has 0 aliphatic carbocycles. The van der Waals surface area contributed by atoms with Crippen LogP contribution < -0.4 is 20.4 Å². The smallest absolute Gasteiger partial charge is 0.348 e. The number of benzene rings is 1. The van der Waals surface area contributed by atoms with E-state index in [-0.39, 0.29) is 18.1 Å². The van der Waals surface area contributed by atoms with Crippen LogP contribution in [-0.4, -0.2) is 61.4 Å². The Morgan fingerprint density at radius 1 is 1.06 bits per heavy atom. The molecule has 0 atom stereocenters. The largest absolute Gasteiger partial charge is 0.378 e. The number of piperidine rings is 1. The molecule has 8 heteroatoms. The maximum atomic E-state index is 13.2. The number of morpholine rings is 1. The van der Waals surface area contributed by atoms with E-state index in [1.807, 2.05) is 17.0 Å². The summed E-state index contributed by atoms with van der Waals surface area (Å²) in [6, 6.07) is 6.16. The lowest BCUT2D eigenvalue weighted by Crippen LogP contribution is -2.38. The zero-order chi connectivity index (χ0) is 22.1. The van der Waals surface area contributed by atoms with E-state index in [2.05, 4.69) is 27.8 Å². The minimum absolute atomic E-state index is 0.00510. The van der Waals surface area contributed by atoms with Crippen LogP contribution in [0.25, 0.3) is 0 Å². The molecular formula is C24H31N5O3. The highest BCUT2D eigenvalue weighted by molar-refractivity contribution is 5.96. The number of hydrogen-bond donors (Lipinski definition) is 0. The average Bonchev–Trinajstić information content (AvgIpc) is 3.26. The van der Waals surface area contributed by atoms with Crippen LogP contribution in [0.3, 0.4) is 0 Å². The van der Waals surface area contributed by atoms with Gasteiger partial charge in [-0.2, -0.15) is 4.98 Å². The molecule has 32 heavy (non-hydrogen) atoms. The first-order valence-electron chi connectivity index (χ1n) is 11.7. The summed E-state index contributed by atoms with van der Waals surface area (Å²) in [6.07, 6.45) is 6.53. The highest BCUT2D eigenvalue weighted by Gasteiger charge is 2.29. The lowest BCUT2D eigenvalue weighted by molar-refractivity contribution is -0.119. The van der Waals surface area contributed by atoms with Gasteiger partial charge in [0, 0.05) is 55.9 Å². The Balaban J connectivity index is 1.34. The third-order valence-corrected chi connectivity index (χ3v) is 6.95. The molecule has 5 rings (SSSR count). The van der Waals surface area contributed by atoms with Gasteiger partial charge in [-0.1, -0.05) is 13.0 Å². The molecule has 1 amide bonds. The maximum Gasteiger partial charge on any atom is 0.348 e. The summed E-state index contributed by atoms with van der Waals surface area (Å²) < 4.78 is 6.95. The van der Waals surface area contributed by atoms with Crippen molar-refractivity contribution >= 4 is 23.0 Å². The van der Waals surface area contributed by atoms with Gasteiger partial charge < -0.3 is 19.4 Å². The van der Waals surface area contributed by atoms with E-state index < -0.39 is 0 Å². The lowest BCUT2D eigenvalue weighted by atomic mass is 9.99. The van der Waals surface area contributed by atoms with Crippen LogP contribution in [0.4, 0.5) is 17.1 Å². The molecule has 0 radical (unpaired) electrons. The minimum atomic E-state index is -0.381. The Morgan fingerprint density at radius 3 is 2.59 bits per heavy atom. The van der Waals surface area contributed by atoms with Crippen molar-refractivity contribution in [2.75, 3.05) is 60.6 Å². The fourth-order valence-electron chi connectivity index (χ4n) is 4.99. The second kappa shape index (κ2) is 8.94. The van der Waals surface area contributed by atoms with Crippen molar-refractivity contribution in [2.24, 2.45) is 5.92 Å². The van der Waals surface area contributed by atoms with Gasteiger partial charge in [-0.15, -0.1) is 0 Å². The molecule has 170 valence electrons. The molecular weight excluding hydrogens is 406 g/mol. The molecule has 1 aromatic carbocycles. The van der Waals surface area contributed by atoms with Crippen molar-refractivity contribution in [2.45, 2.75) is 32.7 Å². The Labute approximate surface area is 188 Å². The standard InChI is InChI=1S/C24H31N5O3/c1-18-5-8-26(9-6-18)19-15-25-24(31)28(16-19)17-23(30)29-10-7-20-21(3-2-4-22(20)29)27-11-13-32-14-12-27/h2-4,15-16,18H,5-14,17H2,1H3. The van der Waals surface area contributed by atoms with Gasteiger partial charge in [0.05, 0.1) is 25.1 Å². The predicted octanol–water partition coefficient (Wildman–Crippen LogP) is 1.91. The van der Waals surface area contributed by atoms with Gasteiger partial charge in [-0.3, -0.25) is 9.36 Å². The second-order valence-corrected chi connectivity index (χ2v) is 9.06. The maximum absolute atomic E-state index is 13.2. The third kappa shape index (κ3) is 4.11. The van der Waals surface area contributed by atoms with Gasteiger partial charge in [-0.25, -0.2) is 4.79 Å². The molecule has 0 saturated carbocycles. The number of carbonyl (C=O) groups excluding carboxylic acids is 1. The highest BCUT2D eigenvalue weighted by atomic mass is 16.5. The SMILES string of the molecule is CC1CCN(c2cnc(=O)n(CC(=O)N3CCc4c(N5CCOCC5)cccc43)c2)CC1. The quantitative estimate of drug-likeness (QED) is 0.728. The lowest BCUT2D eigenvalue weighted by Gasteiger charge is -2.32. The zero-order valence-corrected chi connectivity index (χ0v) is 18.7. The molecule has 3 aliphatic rings. The van der Waals surface area contributed by atoms with E-state index in [0.717, 1.165) is 75.9 Å². The number of fused-ring (bicyclic) bond motifs is 1. The van der Waals surface area contributed by atoms with Gasteiger partial charge in [0.25, 0.3) is 0 Å². The summed E-state index contributed by atoms with van der Waals surface area (Å²) in [7, 11) is 0. The van der Waals surface area contributed by atoms with Crippen LogP contribution in [0.5, 0.6) is 0 Å². The van der Waals surface area contributed by atoms with Crippen molar-refractivity contribution in [3.8, 4) is 0 Å². The summed E-state index contributed by atoms with van der Waals surface area (Å²) in [4.78, 5) is 36.1. The van der Waals surface area contributed by atoms with Crippen LogP contribution in [-0.2, 0) is 22.5 Å². The van der Waals surface area contributed by atoms with E-state index in [1.165, 1.54) is 15.8 Å². The fourth-order valence-corrected chi connectivity index (χ4v) is 4.99. The van der Waals surface area contributed by atoms with Crippen LogP contribution in [0.15, 0.2) is 35.4 Å². The molecule has 3 aliphatic heterocycles. The average molecular weight is 438 g/mol. The van der Waals surface area contributed by atoms with E-state index >= 15 is 0 Å². The zero-order valence-electron chi connectivity index (χ0n) is 18.7. The Bertz CT molecular complexity index is 1040. The number of aromatic nitrogens is 2. The van der Waals surface area contributed by atoms with Crippen molar-refractivity contribution in [1.82, 2.24) is 9.55 Å². The number of amides is 1. The Kier molecular flexibility index (Phi) is 5.87. The van der Waals surface area contributed by atoms with Crippen molar-refractivity contribution in [3.63, 3.8) is 0 Å². The molecule has 0 spiro atoms. The molecule has 0 bridgehead atoms.